The molecule has 0 radical (unpaired) electrons. The van der Waals surface area contributed by atoms with Gasteiger partial charge in [0.05, 0.1) is 18.2 Å². The van der Waals surface area contributed by atoms with Crippen LogP contribution in [0.4, 0.5) is 4.79 Å². The lowest BCUT2D eigenvalue weighted by molar-refractivity contribution is -0.145. The van der Waals surface area contributed by atoms with Crippen molar-refractivity contribution in [1.29, 1.82) is 0 Å². The number of amides is 2. The van der Waals surface area contributed by atoms with E-state index in [4.69, 9.17) is 9.47 Å². The van der Waals surface area contributed by atoms with E-state index in [1.54, 1.807) is 6.92 Å². The Labute approximate surface area is 160 Å². The number of hydrogen-bond acceptors (Lipinski definition) is 4. The van der Waals surface area contributed by atoms with E-state index < -0.39 is 6.04 Å². The SMILES string of the molecule is CCOc1ccccc1[C@H]1NC(=O)NC(C)=C1C(=O)OC1CCCCCC1. The molecule has 2 N–H and O–H groups in total. The third-order valence-corrected chi connectivity index (χ3v) is 5.09. The fourth-order valence-corrected chi connectivity index (χ4v) is 3.78. The molecule has 0 spiro atoms. The maximum Gasteiger partial charge on any atom is 0.338 e. The quantitative estimate of drug-likeness (QED) is 0.605. The second-order valence-electron chi connectivity index (χ2n) is 7.06. The van der Waals surface area contributed by atoms with Gasteiger partial charge in [-0.05, 0) is 45.6 Å². The van der Waals surface area contributed by atoms with Gasteiger partial charge in [-0.2, -0.15) is 0 Å². The van der Waals surface area contributed by atoms with Gasteiger partial charge in [-0.1, -0.05) is 31.0 Å². The Morgan fingerprint density at radius 1 is 1.15 bits per heavy atom. The van der Waals surface area contributed by atoms with Gasteiger partial charge in [-0.25, -0.2) is 9.59 Å². The molecule has 3 rings (SSSR count). The van der Waals surface area contributed by atoms with Gasteiger partial charge in [0.25, 0.3) is 0 Å². The molecule has 0 unspecified atom stereocenters. The van der Waals surface area contributed by atoms with Gasteiger partial charge in [-0.15, -0.1) is 0 Å². The summed E-state index contributed by atoms with van der Waals surface area (Å²) in [5.74, 6) is 0.281. The van der Waals surface area contributed by atoms with Crippen molar-refractivity contribution in [3.8, 4) is 5.75 Å². The fourth-order valence-electron chi connectivity index (χ4n) is 3.78. The van der Waals surface area contributed by atoms with Crippen LogP contribution in [0.2, 0.25) is 0 Å². The number of nitrogens with one attached hydrogen (secondary N) is 2. The van der Waals surface area contributed by atoms with Crippen LogP contribution in [-0.4, -0.2) is 24.7 Å². The average Bonchev–Trinajstić information content (AvgIpc) is 2.90. The standard InChI is InChI=1S/C21H28N2O4/c1-3-26-17-13-9-8-12-16(17)19-18(14(2)22-21(25)23-19)20(24)27-15-10-6-4-5-7-11-15/h8-9,12-13,15,19H,3-7,10-11H2,1-2H3,(H2,22,23,25)/t19-/m1/s1. The van der Waals surface area contributed by atoms with Crippen molar-refractivity contribution in [2.24, 2.45) is 0 Å². The van der Waals surface area contributed by atoms with E-state index in [0.717, 1.165) is 31.2 Å². The number of carbonyl (C=O) groups is 2. The van der Waals surface area contributed by atoms with Crippen LogP contribution in [-0.2, 0) is 9.53 Å². The first-order chi connectivity index (χ1) is 13.1. The topological polar surface area (TPSA) is 76.7 Å². The number of para-hydroxylation sites is 1. The number of benzene rings is 1. The van der Waals surface area contributed by atoms with E-state index in [0.29, 0.717) is 23.6 Å². The lowest BCUT2D eigenvalue weighted by atomic mass is 9.94. The Morgan fingerprint density at radius 3 is 2.56 bits per heavy atom. The van der Waals surface area contributed by atoms with E-state index in [9.17, 15) is 9.59 Å². The first-order valence-corrected chi connectivity index (χ1v) is 9.81. The van der Waals surface area contributed by atoms with Crippen LogP contribution in [0.5, 0.6) is 5.75 Å². The van der Waals surface area contributed by atoms with E-state index in [1.165, 1.54) is 12.8 Å². The monoisotopic (exact) mass is 372 g/mol. The van der Waals surface area contributed by atoms with Crippen molar-refractivity contribution in [3.63, 3.8) is 0 Å². The second kappa shape index (κ2) is 8.93. The van der Waals surface area contributed by atoms with Gasteiger partial charge in [0.15, 0.2) is 0 Å². The van der Waals surface area contributed by atoms with Crippen LogP contribution < -0.4 is 15.4 Å². The molecule has 1 aliphatic carbocycles. The summed E-state index contributed by atoms with van der Waals surface area (Å²) >= 11 is 0. The second-order valence-corrected chi connectivity index (χ2v) is 7.06. The summed E-state index contributed by atoms with van der Waals surface area (Å²) in [6, 6.07) is 6.52. The predicted octanol–water partition coefficient (Wildman–Crippen LogP) is 3.98. The predicted molar refractivity (Wildman–Crippen MR) is 102 cm³/mol. The summed E-state index contributed by atoms with van der Waals surface area (Å²) in [6.07, 6.45) is 6.30. The lowest BCUT2D eigenvalue weighted by Gasteiger charge is -2.30. The molecule has 6 heteroatoms. The van der Waals surface area contributed by atoms with Crippen LogP contribution in [0.3, 0.4) is 0 Å². The smallest absolute Gasteiger partial charge is 0.338 e. The summed E-state index contributed by atoms with van der Waals surface area (Å²) in [4.78, 5) is 25.1. The first kappa shape index (κ1) is 19.3. The Bertz CT molecular complexity index is 721. The van der Waals surface area contributed by atoms with Crippen molar-refractivity contribution in [2.45, 2.75) is 64.5 Å². The molecule has 1 atom stereocenters. The highest BCUT2D eigenvalue weighted by molar-refractivity contribution is 5.95. The number of esters is 1. The third kappa shape index (κ3) is 4.62. The molecule has 6 nitrogen and oxygen atoms in total. The molecule has 0 bridgehead atoms. The molecule has 0 aromatic heterocycles. The number of allylic oxidation sites excluding steroid dienone is 1. The minimum absolute atomic E-state index is 0.0549. The van der Waals surface area contributed by atoms with Crippen molar-refractivity contribution in [2.75, 3.05) is 6.61 Å². The molecule has 0 saturated heterocycles. The van der Waals surface area contributed by atoms with Crippen molar-refractivity contribution < 1.29 is 19.1 Å². The molecule has 1 aromatic rings. The van der Waals surface area contributed by atoms with Crippen molar-refractivity contribution in [1.82, 2.24) is 10.6 Å². The number of carbonyl (C=O) groups excluding carboxylic acids is 2. The maximum atomic E-state index is 13.0. The van der Waals surface area contributed by atoms with Crippen LogP contribution in [0, 0.1) is 0 Å². The summed E-state index contributed by atoms with van der Waals surface area (Å²) < 4.78 is 11.5. The summed E-state index contributed by atoms with van der Waals surface area (Å²) in [5.41, 5.74) is 1.71. The van der Waals surface area contributed by atoms with E-state index in [-0.39, 0.29) is 18.1 Å². The highest BCUT2D eigenvalue weighted by Crippen LogP contribution is 2.34. The number of rotatable bonds is 5. The molecule has 1 aromatic carbocycles. The largest absolute Gasteiger partial charge is 0.494 e. The van der Waals surface area contributed by atoms with Gasteiger partial charge in [0.2, 0.25) is 0 Å². The summed E-state index contributed by atoms with van der Waals surface area (Å²) in [5, 5.41) is 5.55. The first-order valence-electron chi connectivity index (χ1n) is 9.81. The maximum absolute atomic E-state index is 13.0. The van der Waals surface area contributed by atoms with Crippen molar-refractivity contribution in [3.05, 3.63) is 41.1 Å². The van der Waals surface area contributed by atoms with Crippen LogP contribution in [0.1, 0.15) is 64.0 Å². The van der Waals surface area contributed by atoms with Gasteiger partial charge in [-0.3, -0.25) is 0 Å². The fraction of sp³-hybridized carbons (Fsp3) is 0.524. The number of urea groups is 1. The Kier molecular flexibility index (Phi) is 6.37. The molecule has 2 aliphatic rings. The molecule has 1 aliphatic heterocycles. The molecule has 1 fully saturated rings. The minimum Gasteiger partial charge on any atom is -0.494 e. The Balaban J connectivity index is 1.89. The molecule has 1 saturated carbocycles. The van der Waals surface area contributed by atoms with Crippen LogP contribution in [0.25, 0.3) is 0 Å². The van der Waals surface area contributed by atoms with E-state index in [1.807, 2.05) is 31.2 Å². The van der Waals surface area contributed by atoms with Gasteiger partial charge in [0.1, 0.15) is 11.9 Å². The highest BCUT2D eigenvalue weighted by atomic mass is 16.5. The van der Waals surface area contributed by atoms with E-state index >= 15 is 0 Å². The molecular weight excluding hydrogens is 344 g/mol. The molecule has 2 amide bonds. The molecule has 146 valence electrons. The number of ether oxygens (including phenoxy) is 2. The number of hydrogen-bond donors (Lipinski definition) is 2. The highest BCUT2D eigenvalue weighted by Gasteiger charge is 2.34. The zero-order valence-corrected chi connectivity index (χ0v) is 16.0. The Hall–Kier alpha value is -2.50. The van der Waals surface area contributed by atoms with Gasteiger partial charge >= 0.3 is 12.0 Å². The third-order valence-electron chi connectivity index (χ3n) is 5.09. The molecule has 1 heterocycles. The van der Waals surface area contributed by atoms with Crippen molar-refractivity contribution >= 4 is 12.0 Å². The lowest BCUT2D eigenvalue weighted by Crippen LogP contribution is -2.45. The van der Waals surface area contributed by atoms with Gasteiger partial charge < -0.3 is 20.1 Å². The van der Waals surface area contributed by atoms with Crippen LogP contribution in [0.15, 0.2) is 35.5 Å². The zero-order chi connectivity index (χ0) is 19.2. The van der Waals surface area contributed by atoms with Gasteiger partial charge in [0, 0.05) is 11.3 Å². The normalized spacial score (nSPS) is 21.1. The molecular formula is C21H28N2O4. The minimum atomic E-state index is -0.597. The van der Waals surface area contributed by atoms with E-state index in [2.05, 4.69) is 10.6 Å². The Morgan fingerprint density at radius 2 is 1.85 bits per heavy atom. The summed E-state index contributed by atoms with van der Waals surface area (Å²) in [7, 11) is 0. The summed E-state index contributed by atoms with van der Waals surface area (Å²) in [6.45, 7) is 4.14. The average molecular weight is 372 g/mol. The zero-order valence-electron chi connectivity index (χ0n) is 16.0. The molecule has 27 heavy (non-hydrogen) atoms. The van der Waals surface area contributed by atoms with Crippen LogP contribution >= 0.6 is 0 Å².